The molecule has 0 amide bonds. The summed E-state index contributed by atoms with van der Waals surface area (Å²) in [7, 11) is 1.57. The van der Waals surface area contributed by atoms with E-state index in [1.807, 2.05) is 11.0 Å². The van der Waals surface area contributed by atoms with Crippen LogP contribution in [-0.2, 0) is 0 Å². The molecular weight excluding hydrogens is 271 g/mol. The first-order chi connectivity index (χ1) is 10.2. The number of anilines is 1. The Morgan fingerprint density at radius 1 is 1.33 bits per heavy atom. The predicted molar refractivity (Wildman–Crippen MR) is 78.9 cm³/mol. The summed E-state index contributed by atoms with van der Waals surface area (Å²) in [6, 6.07) is 9.91. The van der Waals surface area contributed by atoms with E-state index in [0.29, 0.717) is 24.1 Å². The number of ether oxygens (including phenoxy) is 1. The number of nitrogens with zero attached hydrogens (tertiary/aromatic N) is 3. The van der Waals surface area contributed by atoms with Gasteiger partial charge in [-0.3, -0.25) is 4.99 Å². The first-order valence-corrected chi connectivity index (χ1v) is 6.53. The molecule has 3 rings (SSSR count). The van der Waals surface area contributed by atoms with Crippen molar-refractivity contribution in [1.29, 1.82) is 0 Å². The van der Waals surface area contributed by atoms with E-state index in [1.165, 1.54) is 12.1 Å². The molecule has 108 valence electrons. The van der Waals surface area contributed by atoms with E-state index in [4.69, 9.17) is 10.5 Å². The van der Waals surface area contributed by atoms with Gasteiger partial charge in [-0.1, -0.05) is 6.07 Å². The van der Waals surface area contributed by atoms with Crippen LogP contribution in [0, 0.1) is 5.82 Å². The summed E-state index contributed by atoms with van der Waals surface area (Å²) in [5.74, 6) is 0.614. The van der Waals surface area contributed by atoms with E-state index < -0.39 is 0 Å². The molecule has 0 aliphatic carbocycles. The lowest BCUT2D eigenvalue weighted by molar-refractivity contribution is 0.397. The molecule has 0 spiro atoms. The molecule has 1 aliphatic rings. The van der Waals surface area contributed by atoms with E-state index in [1.54, 1.807) is 31.5 Å². The molecular formula is C15H15FN4O. The lowest BCUT2D eigenvalue weighted by atomic mass is 10.1. The second-order valence-electron chi connectivity index (χ2n) is 4.70. The van der Waals surface area contributed by atoms with E-state index in [-0.39, 0.29) is 11.9 Å². The van der Waals surface area contributed by atoms with E-state index in [9.17, 15) is 4.39 Å². The Morgan fingerprint density at radius 2 is 2.19 bits per heavy atom. The number of aromatic nitrogens is 1. The predicted octanol–water partition coefficient (Wildman–Crippen LogP) is 2.11. The average Bonchev–Trinajstić information content (AvgIpc) is 2.89. The van der Waals surface area contributed by atoms with Crippen molar-refractivity contribution < 1.29 is 9.13 Å². The summed E-state index contributed by atoms with van der Waals surface area (Å²) >= 11 is 0. The van der Waals surface area contributed by atoms with Crippen molar-refractivity contribution in [1.82, 2.24) is 4.98 Å². The first kappa shape index (κ1) is 13.4. The Hall–Kier alpha value is -2.63. The molecule has 2 heterocycles. The summed E-state index contributed by atoms with van der Waals surface area (Å²) in [5, 5.41) is 0. The van der Waals surface area contributed by atoms with Crippen molar-refractivity contribution in [2.24, 2.45) is 10.7 Å². The van der Waals surface area contributed by atoms with Gasteiger partial charge in [-0.25, -0.2) is 9.37 Å². The van der Waals surface area contributed by atoms with Gasteiger partial charge in [0.05, 0.1) is 19.7 Å². The number of guanidine groups is 1. The van der Waals surface area contributed by atoms with Crippen LogP contribution in [-0.4, -0.2) is 24.6 Å². The number of methoxy groups -OCH3 is 1. The Kier molecular flexibility index (Phi) is 3.43. The van der Waals surface area contributed by atoms with Gasteiger partial charge >= 0.3 is 0 Å². The lowest BCUT2D eigenvalue weighted by Crippen LogP contribution is -2.36. The SMILES string of the molecule is COc1ccc(C2CN=C(N)N2c2cccc(F)c2)cn1. The van der Waals surface area contributed by atoms with Gasteiger partial charge in [0.2, 0.25) is 5.88 Å². The van der Waals surface area contributed by atoms with Gasteiger partial charge in [-0.05, 0) is 29.8 Å². The molecule has 1 aromatic carbocycles. The van der Waals surface area contributed by atoms with E-state index in [2.05, 4.69) is 9.98 Å². The van der Waals surface area contributed by atoms with Gasteiger partial charge in [0.15, 0.2) is 5.96 Å². The smallest absolute Gasteiger partial charge is 0.212 e. The zero-order chi connectivity index (χ0) is 14.8. The largest absolute Gasteiger partial charge is 0.481 e. The van der Waals surface area contributed by atoms with Crippen molar-refractivity contribution >= 4 is 11.6 Å². The van der Waals surface area contributed by atoms with Gasteiger partial charge in [0, 0.05) is 18.0 Å². The molecule has 21 heavy (non-hydrogen) atoms. The van der Waals surface area contributed by atoms with Crippen molar-refractivity contribution in [3.05, 3.63) is 54.0 Å². The maximum absolute atomic E-state index is 13.4. The van der Waals surface area contributed by atoms with Gasteiger partial charge in [0.25, 0.3) is 0 Å². The maximum Gasteiger partial charge on any atom is 0.212 e. The minimum atomic E-state index is -0.307. The normalized spacial score (nSPS) is 17.7. The van der Waals surface area contributed by atoms with Crippen molar-refractivity contribution in [3.63, 3.8) is 0 Å². The topological polar surface area (TPSA) is 63.7 Å². The van der Waals surface area contributed by atoms with Gasteiger partial charge in [0.1, 0.15) is 5.82 Å². The standard InChI is InChI=1S/C15H15FN4O/c1-21-14-6-5-10(8-18-14)13-9-19-15(17)20(13)12-4-2-3-11(16)7-12/h2-8,13H,9H2,1H3,(H2,17,19). The second-order valence-corrected chi connectivity index (χ2v) is 4.70. The number of benzene rings is 1. The zero-order valence-electron chi connectivity index (χ0n) is 11.5. The zero-order valence-corrected chi connectivity index (χ0v) is 11.5. The molecule has 1 unspecified atom stereocenters. The molecule has 1 aromatic heterocycles. The second kappa shape index (κ2) is 5.40. The van der Waals surface area contributed by atoms with Crippen LogP contribution < -0.4 is 15.4 Å². The average molecular weight is 286 g/mol. The Labute approximate surface area is 121 Å². The molecule has 1 atom stereocenters. The molecule has 6 heteroatoms. The van der Waals surface area contributed by atoms with Crippen LogP contribution in [0.2, 0.25) is 0 Å². The number of halogens is 1. The van der Waals surface area contributed by atoms with E-state index in [0.717, 1.165) is 5.56 Å². The minimum absolute atomic E-state index is 0.0924. The molecule has 2 N–H and O–H groups in total. The number of hydrogen-bond acceptors (Lipinski definition) is 5. The van der Waals surface area contributed by atoms with Crippen molar-refractivity contribution in [2.75, 3.05) is 18.6 Å². The van der Waals surface area contributed by atoms with E-state index >= 15 is 0 Å². The third kappa shape index (κ3) is 2.52. The van der Waals surface area contributed by atoms with Gasteiger partial charge in [-0.15, -0.1) is 0 Å². The number of hydrogen-bond donors (Lipinski definition) is 1. The van der Waals surface area contributed by atoms with Crippen LogP contribution in [0.3, 0.4) is 0 Å². The Morgan fingerprint density at radius 3 is 2.86 bits per heavy atom. The Bertz CT molecular complexity index is 672. The summed E-state index contributed by atoms with van der Waals surface area (Å²) < 4.78 is 18.5. The molecule has 1 aliphatic heterocycles. The quantitative estimate of drug-likeness (QED) is 0.938. The molecule has 0 saturated heterocycles. The lowest BCUT2D eigenvalue weighted by Gasteiger charge is -2.26. The maximum atomic E-state index is 13.4. The number of rotatable bonds is 3. The highest BCUT2D eigenvalue weighted by molar-refractivity contribution is 5.97. The fraction of sp³-hybridized carbons (Fsp3) is 0.200. The Balaban J connectivity index is 1.94. The van der Waals surface area contributed by atoms with Crippen molar-refractivity contribution in [3.8, 4) is 5.88 Å². The van der Waals surface area contributed by atoms with Gasteiger partial charge in [-0.2, -0.15) is 0 Å². The highest BCUT2D eigenvalue weighted by atomic mass is 19.1. The first-order valence-electron chi connectivity index (χ1n) is 6.53. The third-order valence-corrected chi connectivity index (χ3v) is 3.42. The molecule has 2 aromatic rings. The third-order valence-electron chi connectivity index (χ3n) is 3.42. The fourth-order valence-corrected chi connectivity index (χ4v) is 2.40. The monoisotopic (exact) mass is 286 g/mol. The van der Waals surface area contributed by atoms with Crippen LogP contribution in [0.15, 0.2) is 47.6 Å². The summed E-state index contributed by atoms with van der Waals surface area (Å²) in [5.41, 5.74) is 7.58. The van der Waals surface area contributed by atoms with Gasteiger partial charge < -0.3 is 15.4 Å². The molecule has 5 nitrogen and oxygen atoms in total. The number of aliphatic imine (C=N–C) groups is 1. The number of pyridine rings is 1. The summed E-state index contributed by atoms with van der Waals surface area (Å²) in [4.78, 5) is 10.3. The summed E-state index contributed by atoms with van der Waals surface area (Å²) in [6.45, 7) is 0.510. The van der Waals surface area contributed by atoms with Crippen LogP contribution in [0.1, 0.15) is 11.6 Å². The minimum Gasteiger partial charge on any atom is -0.481 e. The van der Waals surface area contributed by atoms with Crippen LogP contribution in [0.25, 0.3) is 0 Å². The highest BCUT2D eigenvalue weighted by Crippen LogP contribution is 2.31. The van der Waals surface area contributed by atoms with Crippen LogP contribution in [0.4, 0.5) is 10.1 Å². The summed E-state index contributed by atoms with van der Waals surface area (Å²) in [6.07, 6.45) is 1.73. The van der Waals surface area contributed by atoms with Crippen molar-refractivity contribution in [2.45, 2.75) is 6.04 Å². The molecule has 0 bridgehead atoms. The highest BCUT2D eigenvalue weighted by Gasteiger charge is 2.29. The van der Waals surface area contributed by atoms with Crippen LogP contribution >= 0.6 is 0 Å². The molecule has 0 fully saturated rings. The fourth-order valence-electron chi connectivity index (χ4n) is 2.40. The van der Waals surface area contributed by atoms with Crippen LogP contribution in [0.5, 0.6) is 5.88 Å². The number of nitrogens with two attached hydrogens (primary N) is 1. The molecule has 0 radical (unpaired) electrons. The molecule has 0 saturated carbocycles.